The number of carbonyl (C=O) groups is 1. The van der Waals surface area contributed by atoms with Gasteiger partial charge in [0.25, 0.3) is 0 Å². The topological polar surface area (TPSA) is 38.1 Å². The van der Waals surface area contributed by atoms with Crippen molar-refractivity contribution in [3.05, 3.63) is 17.0 Å². The predicted octanol–water partition coefficient (Wildman–Crippen LogP) is 1.87. The Bertz CT molecular complexity index is 409. The molecule has 0 unspecified atom stereocenters. The summed E-state index contributed by atoms with van der Waals surface area (Å²) in [5.74, 6) is 0. The summed E-state index contributed by atoms with van der Waals surface area (Å²) in [7, 11) is 0. The van der Waals surface area contributed by atoms with Gasteiger partial charge < -0.3 is 0 Å². The second kappa shape index (κ2) is 5.00. The third kappa shape index (κ3) is 2.27. The first kappa shape index (κ1) is 12.3. The molecule has 4 nitrogen and oxygen atoms in total. The Hall–Kier alpha value is -1.16. The molecule has 1 aliphatic heterocycles. The Kier molecular flexibility index (Phi) is 3.62. The summed E-state index contributed by atoms with van der Waals surface area (Å²) in [6.07, 6.45) is 2.88. The quantitative estimate of drug-likeness (QED) is 0.751. The van der Waals surface area contributed by atoms with E-state index in [1.165, 1.54) is 5.69 Å². The van der Waals surface area contributed by atoms with Gasteiger partial charge in [0.1, 0.15) is 5.69 Å². The number of nitrogens with zero attached hydrogens (tertiary/aromatic N) is 3. The third-order valence-electron chi connectivity index (χ3n) is 3.56. The first-order valence-corrected chi connectivity index (χ1v) is 6.45. The van der Waals surface area contributed by atoms with Gasteiger partial charge in [-0.1, -0.05) is 6.92 Å². The summed E-state index contributed by atoms with van der Waals surface area (Å²) < 4.78 is 2.03. The van der Waals surface area contributed by atoms with Gasteiger partial charge in [0.15, 0.2) is 6.29 Å². The number of aromatic nitrogens is 2. The second-order valence-electron chi connectivity index (χ2n) is 4.92. The maximum Gasteiger partial charge on any atom is 0.170 e. The lowest BCUT2D eigenvalue weighted by atomic mass is 10.1. The van der Waals surface area contributed by atoms with E-state index in [1.54, 1.807) is 0 Å². The van der Waals surface area contributed by atoms with Crippen LogP contribution >= 0.6 is 0 Å². The maximum absolute atomic E-state index is 11.0. The van der Waals surface area contributed by atoms with E-state index in [2.05, 4.69) is 30.8 Å². The van der Waals surface area contributed by atoms with E-state index in [4.69, 9.17) is 0 Å². The molecule has 0 atom stereocenters. The van der Waals surface area contributed by atoms with Crippen molar-refractivity contribution < 1.29 is 4.79 Å². The summed E-state index contributed by atoms with van der Waals surface area (Å²) in [4.78, 5) is 13.5. The van der Waals surface area contributed by atoms with E-state index in [-0.39, 0.29) is 0 Å². The number of carbonyl (C=O) groups excluding carboxylic acids is 1. The van der Waals surface area contributed by atoms with Crippen molar-refractivity contribution in [2.45, 2.75) is 52.7 Å². The van der Waals surface area contributed by atoms with Crippen LogP contribution in [0.4, 0.5) is 0 Å². The second-order valence-corrected chi connectivity index (χ2v) is 4.92. The number of rotatable bonds is 3. The van der Waals surface area contributed by atoms with E-state index >= 15 is 0 Å². The van der Waals surface area contributed by atoms with Crippen molar-refractivity contribution >= 4 is 6.29 Å². The highest BCUT2D eigenvalue weighted by molar-refractivity contribution is 5.74. The van der Waals surface area contributed by atoms with Crippen LogP contribution in [0.1, 0.15) is 48.9 Å². The lowest BCUT2D eigenvalue weighted by molar-refractivity contribution is 0.111. The number of hydrogen-bond acceptors (Lipinski definition) is 3. The molecule has 1 aromatic rings. The fourth-order valence-corrected chi connectivity index (χ4v) is 2.53. The zero-order valence-corrected chi connectivity index (χ0v) is 10.9. The highest BCUT2D eigenvalue weighted by Crippen LogP contribution is 2.21. The van der Waals surface area contributed by atoms with Crippen LogP contribution in [0, 0.1) is 0 Å². The van der Waals surface area contributed by atoms with Crippen LogP contribution in [-0.4, -0.2) is 33.6 Å². The summed E-state index contributed by atoms with van der Waals surface area (Å²) in [6, 6.07) is 0.542. The van der Waals surface area contributed by atoms with Gasteiger partial charge in [-0.05, 0) is 26.7 Å². The highest BCUT2D eigenvalue weighted by Gasteiger charge is 2.22. The van der Waals surface area contributed by atoms with Crippen molar-refractivity contribution in [1.29, 1.82) is 0 Å². The van der Waals surface area contributed by atoms with Crippen LogP contribution in [0.3, 0.4) is 0 Å². The molecule has 2 rings (SSSR count). The minimum Gasteiger partial charge on any atom is -0.296 e. The summed E-state index contributed by atoms with van der Waals surface area (Å²) in [6.45, 7) is 9.49. The molecule has 0 N–H and O–H groups in total. The largest absolute Gasteiger partial charge is 0.296 e. The Labute approximate surface area is 103 Å². The van der Waals surface area contributed by atoms with Gasteiger partial charge in [0.05, 0.1) is 5.69 Å². The van der Waals surface area contributed by atoms with Gasteiger partial charge >= 0.3 is 0 Å². The molecule has 0 aliphatic carbocycles. The minimum absolute atomic E-state index is 0.542. The maximum atomic E-state index is 11.0. The average Bonchev–Trinajstić information content (AvgIpc) is 2.50. The van der Waals surface area contributed by atoms with E-state index in [9.17, 15) is 4.79 Å². The van der Waals surface area contributed by atoms with Crippen LogP contribution in [-0.2, 0) is 19.5 Å². The van der Waals surface area contributed by atoms with Crippen molar-refractivity contribution in [3.63, 3.8) is 0 Å². The lowest BCUT2D eigenvalue weighted by Gasteiger charge is -2.24. The number of hydrogen-bond donors (Lipinski definition) is 0. The molecular formula is C13H21N3O. The standard InChI is InChI=1S/C13H21N3O/c1-4-11-12(9-17)14-16-7-5-6-15(10(2)3)8-13(11)16/h9-10H,4-8H2,1-3H3. The molecule has 4 heteroatoms. The van der Waals surface area contributed by atoms with Crippen molar-refractivity contribution in [1.82, 2.24) is 14.7 Å². The van der Waals surface area contributed by atoms with Crippen LogP contribution < -0.4 is 0 Å². The molecule has 1 aromatic heterocycles. The van der Waals surface area contributed by atoms with E-state index in [1.807, 2.05) is 4.68 Å². The number of aldehydes is 1. The van der Waals surface area contributed by atoms with Gasteiger partial charge in [0.2, 0.25) is 0 Å². The molecule has 2 heterocycles. The summed E-state index contributed by atoms with van der Waals surface area (Å²) in [5.41, 5.74) is 3.00. The smallest absolute Gasteiger partial charge is 0.170 e. The molecule has 1 aliphatic rings. The van der Waals surface area contributed by atoms with Gasteiger partial charge in [-0.2, -0.15) is 5.10 Å². The molecule has 0 amide bonds. The fourth-order valence-electron chi connectivity index (χ4n) is 2.53. The third-order valence-corrected chi connectivity index (χ3v) is 3.56. The Balaban J connectivity index is 2.38. The van der Waals surface area contributed by atoms with Gasteiger partial charge in [-0.3, -0.25) is 14.4 Å². The van der Waals surface area contributed by atoms with Crippen molar-refractivity contribution in [3.8, 4) is 0 Å². The molecule has 0 spiro atoms. The molecule has 0 aromatic carbocycles. The van der Waals surface area contributed by atoms with Crippen molar-refractivity contribution in [2.75, 3.05) is 6.54 Å². The van der Waals surface area contributed by atoms with Gasteiger partial charge in [-0.25, -0.2) is 0 Å². The molecule has 0 saturated carbocycles. The van der Waals surface area contributed by atoms with Gasteiger partial charge in [0, 0.05) is 31.2 Å². The molecule has 0 saturated heterocycles. The minimum atomic E-state index is 0.542. The molecule has 94 valence electrons. The normalized spacial score (nSPS) is 16.9. The Morgan fingerprint density at radius 2 is 2.18 bits per heavy atom. The Morgan fingerprint density at radius 3 is 2.76 bits per heavy atom. The van der Waals surface area contributed by atoms with E-state index in [0.717, 1.165) is 44.3 Å². The predicted molar refractivity (Wildman–Crippen MR) is 67.2 cm³/mol. The number of aryl methyl sites for hydroxylation is 1. The SMILES string of the molecule is CCc1c(C=O)nn2c1CN(C(C)C)CCC2. The summed E-state index contributed by atoms with van der Waals surface area (Å²) in [5, 5.41) is 4.42. The average molecular weight is 235 g/mol. The molecule has 0 radical (unpaired) electrons. The van der Waals surface area contributed by atoms with Crippen molar-refractivity contribution in [2.24, 2.45) is 0 Å². The molecular weight excluding hydrogens is 214 g/mol. The van der Waals surface area contributed by atoms with E-state index < -0.39 is 0 Å². The Morgan fingerprint density at radius 1 is 1.41 bits per heavy atom. The van der Waals surface area contributed by atoms with Gasteiger partial charge in [-0.15, -0.1) is 0 Å². The van der Waals surface area contributed by atoms with E-state index in [0.29, 0.717) is 11.7 Å². The molecule has 0 bridgehead atoms. The zero-order chi connectivity index (χ0) is 12.4. The highest BCUT2D eigenvalue weighted by atomic mass is 16.1. The van der Waals surface area contributed by atoms with Crippen LogP contribution in [0.15, 0.2) is 0 Å². The fraction of sp³-hybridized carbons (Fsp3) is 0.692. The monoisotopic (exact) mass is 235 g/mol. The summed E-state index contributed by atoms with van der Waals surface area (Å²) >= 11 is 0. The zero-order valence-electron chi connectivity index (χ0n) is 10.9. The first-order valence-electron chi connectivity index (χ1n) is 6.45. The first-order chi connectivity index (χ1) is 8.17. The number of fused-ring (bicyclic) bond motifs is 1. The lowest BCUT2D eigenvalue weighted by Crippen LogP contribution is -2.30. The van der Waals surface area contributed by atoms with Crippen LogP contribution in [0.25, 0.3) is 0 Å². The van der Waals surface area contributed by atoms with Crippen LogP contribution in [0.5, 0.6) is 0 Å². The molecule has 17 heavy (non-hydrogen) atoms. The van der Waals surface area contributed by atoms with Crippen LogP contribution in [0.2, 0.25) is 0 Å². The molecule has 0 fully saturated rings.